The molecule has 0 radical (unpaired) electrons. The van der Waals surface area contributed by atoms with Gasteiger partial charge in [-0.2, -0.15) is 0 Å². The second-order valence-corrected chi connectivity index (χ2v) is 5.23. The fourth-order valence-corrected chi connectivity index (χ4v) is 2.74. The lowest BCUT2D eigenvalue weighted by molar-refractivity contribution is 0.0296. The van der Waals surface area contributed by atoms with Gasteiger partial charge in [0, 0.05) is 12.0 Å². The Morgan fingerprint density at radius 2 is 1.95 bits per heavy atom. The molecule has 0 fully saturated rings. The van der Waals surface area contributed by atoms with E-state index >= 15 is 0 Å². The van der Waals surface area contributed by atoms with Crippen LogP contribution in [0.4, 0.5) is 0 Å². The van der Waals surface area contributed by atoms with E-state index in [9.17, 15) is 9.90 Å². The number of carbonyl (C=O) groups excluding carboxylic acids is 1. The number of benzene rings is 2. The first-order chi connectivity index (χ1) is 9.58. The monoisotopic (exact) mass is 268 g/mol. The third kappa shape index (κ3) is 1.95. The summed E-state index contributed by atoms with van der Waals surface area (Å²) in [7, 11) is 0. The van der Waals surface area contributed by atoms with Gasteiger partial charge in [0.05, 0.1) is 0 Å². The molecule has 3 rings (SSSR count). The molecule has 0 spiro atoms. The van der Waals surface area contributed by atoms with Crippen molar-refractivity contribution >= 4 is 5.97 Å². The zero-order valence-corrected chi connectivity index (χ0v) is 11.5. The van der Waals surface area contributed by atoms with Crippen molar-refractivity contribution < 1.29 is 14.6 Å². The van der Waals surface area contributed by atoms with Gasteiger partial charge < -0.3 is 9.84 Å². The van der Waals surface area contributed by atoms with Crippen molar-refractivity contribution in [2.24, 2.45) is 0 Å². The van der Waals surface area contributed by atoms with Gasteiger partial charge in [-0.1, -0.05) is 30.3 Å². The molecule has 3 nitrogen and oxygen atoms in total. The minimum atomic E-state index is -0.433. The number of hydrogen-bond donors (Lipinski definition) is 1. The molecule has 102 valence electrons. The van der Waals surface area contributed by atoms with Crippen LogP contribution in [-0.4, -0.2) is 17.2 Å². The molecule has 0 saturated heterocycles. The van der Waals surface area contributed by atoms with Crippen molar-refractivity contribution in [3.8, 4) is 16.9 Å². The number of aryl methyl sites for hydroxylation is 1. The van der Waals surface area contributed by atoms with Gasteiger partial charge in [-0.25, -0.2) is 4.79 Å². The van der Waals surface area contributed by atoms with E-state index < -0.39 is 5.97 Å². The van der Waals surface area contributed by atoms with Crippen molar-refractivity contribution in [2.45, 2.75) is 26.4 Å². The van der Waals surface area contributed by atoms with Crippen LogP contribution in [0.3, 0.4) is 0 Å². The van der Waals surface area contributed by atoms with Crippen LogP contribution in [0.1, 0.15) is 28.4 Å². The third-order valence-corrected chi connectivity index (χ3v) is 3.72. The zero-order chi connectivity index (χ0) is 14.3. The molecule has 0 saturated carbocycles. The van der Waals surface area contributed by atoms with Crippen LogP contribution in [0.25, 0.3) is 11.1 Å². The highest BCUT2D eigenvalue weighted by molar-refractivity contribution is 5.98. The molecule has 1 aliphatic rings. The summed E-state index contributed by atoms with van der Waals surface area (Å²) in [6.07, 6.45) is 0.505. The molecule has 3 heteroatoms. The average Bonchev–Trinajstić information content (AvgIpc) is 2.43. The average molecular weight is 268 g/mol. The van der Waals surface area contributed by atoms with Crippen molar-refractivity contribution in [2.75, 3.05) is 0 Å². The fourth-order valence-electron chi connectivity index (χ4n) is 2.74. The van der Waals surface area contributed by atoms with Gasteiger partial charge >= 0.3 is 5.97 Å². The first-order valence-electron chi connectivity index (χ1n) is 6.69. The standard InChI is InChI=1S/C17H16O3/c1-10-8-14(12-6-4-3-5-7-12)16(18)15-13(10)9-11(2)20-17(15)19/h3-8,11,18H,9H2,1-2H3/t11-/m1/s1. The molecule has 0 bridgehead atoms. The smallest absolute Gasteiger partial charge is 0.342 e. The Bertz CT molecular complexity index is 674. The van der Waals surface area contributed by atoms with Gasteiger partial charge in [-0.05, 0) is 36.6 Å². The number of phenolic OH excluding ortho intramolecular Hbond substituents is 1. The number of carbonyl (C=O) groups is 1. The maximum Gasteiger partial charge on any atom is 0.342 e. The Balaban J connectivity index is 2.24. The number of aromatic hydroxyl groups is 1. The Morgan fingerprint density at radius 1 is 1.25 bits per heavy atom. The Labute approximate surface area is 117 Å². The summed E-state index contributed by atoms with van der Waals surface area (Å²) in [6, 6.07) is 11.5. The summed E-state index contributed by atoms with van der Waals surface area (Å²) in [5, 5.41) is 10.5. The van der Waals surface area contributed by atoms with Crippen molar-refractivity contribution in [3.63, 3.8) is 0 Å². The predicted molar refractivity (Wildman–Crippen MR) is 76.9 cm³/mol. The molecule has 2 aromatic carbocycles. The van der Waals surface area contributed by atoms with E-state index in [1.165, 1.54) is 0 Å². The van der Waals surface area contributed by atoms with Gasteiger partial charge in [0.25, 0.3) is 0 Å². The van der Waals surface area contributed by atoms with Crippen LogP contribution >= 0.6 is 0 Å². The highest BCUT2D eigenvalue weighted by Crippen LogP contribution is 2.39. The van der Waals surface area contributed by atoms with Crippen molar-refractivity contribution in [3.05, 3.63) is 53.1 Å². The summed E-state index contributed by atoms with van der Waals surface area (Å²) in [5.74, 6) is -0.411. The van der Waals surface area contributed by atoms with Crippen LogP contribution in [0.15, 0.2) is 36.4 Å². The Morgan fingerprint density at radius 3 is 2.65 bits per heavy atom. The molecule has 1 aliphatic heterocycles. The molecule has 1 heterocycles. The summed E-state index contributed by atoms with van der Waals surface area (Å²) >= 11 is 0. The van der Waals surface area contributed by atoms with E-state index in [-0.39, 0.29) is 11.9 Å². The summed E-state index contributed by atoms with van der Waals surface area (Å²) < 4.78 is 5.24. The topological polar surface area (TPSA) is 46.5 Å². The first-order valence-corrected chi connectivity index (χ1v) is 6.69. The highest BCUT2D eigenvalue weighted by atomic mass is 16.5. The zero-order valence-electron chi connectivity index (χ0n) is 11.5. The van der Waals surface area contributed by atoms with Crippen LogP contribution < -0.4 is 0 Å². The third-order valence-electron chi connectivity index (χ3n) is 3.72. The van der Waals surface area contributed by atoms with E-state index in [2.05, 4.69) is 0 Å². The van der Waals surface area contributed by atoms with Gasteiger partial charge in [0.15, 0.2) is 0 Å². The maximum atomic E-state index is 12.1. The van der Waals surface area contributed by atoms with Crippen molar-refractivity contribution in [1.82, 2.24) is 0 Å². The number of ether oxygens (including phenoxy) is 1. The molecule has 1 N–H and O–H groups in total. The number of phenols is 1. The van der Waals surface area contributed by atoms with Gasteiger partial charge in [0.2, 0.25) is 0 Å². The summed E-state index contributed by atoms with van der Waals surface area (Å²) in [6.45, 7) is 3.83. The van der Waals surface area contributed by atoms with Crippen LogP contribution in [0.2, 0.25) is 0 Å². The number of hydrogen-bond acceptors (Lipinski definition) is 3. The van der Waals surface area contributed by atoms with Gasteiger partial charge in [0.1, 0.15) is 17.4 Å². The van der Waals surface area contributed by atoms with Crippen LogP contribution in [-0.2, 0) is 11.2 Å². The quantitative estimate of drug-likeness (QED) is 0.805. The largest absolute Gasteiger partial charge is 0.506 e. The Hall–Kier alpha value is -2.29. The number of fused-ring (bicyclic) bond motifs is 1. The maximum absolute atomic E-state index is 12.1. The molecule has 1 atom stereocenters. The van der Waals surface area contributed by atoms with E-state index in [4.69, 9.17) is 4.74 Å². The number of esters is 1. The Kier molecular flexibility index (Phi) is 2.97. The van der Waals surface area contributed by atoms with E-state index in [1.54, 1.807) is 0 Å². The molecular weight excluding hydrogens is 252 g/mol. The van der Waals surface area contributed by atoms with E-state index in [0.29, 0.717) is 17.5 Å². The molecule has 0 aromatic heterocycles. The van der Waals surface area contributed by atoms with Gasteiger partial charge in [-0.3, -0.25) is 0 Å². The molecule has 0 unspecified atom stereocenters. The fraction of sp³-hybridized carbons (Fsp3) is 0.235. The predicted octanol–water partition coefficient (Wildman–Crippen LogP) is 3.47. The molecule has 0 amide bonds. The lowest BCUT2D eigenvalue weighted by atomic mass is 9.89. The van der Waals surface area contributed by atoms with Crippen LogP contribution in [0, 0.1) is 6.92 Å². The highest BCUT2D eigenvalue weighted by Gasteiger charge is 2.29. The SMILES string of the molecule is Cc1cc(-c2ccccc2)c(O)c2c1C[C@@H](C)OC2=O. The molecule has 2 aromatic rings. The van der Waals surface area contributed by atoms with Gasteiger partial charge in [-0.15, -0.1) is 0 Å². The molecule has 0 aliphatic carbocycles. The van der Waals surface area contributed by atoms with Crippen molar-refractivity contribution in [1.29, 1.82) is 0 Å². The summed E-state index contributed by atoms with van der Waals surface area (Å²) in [4.78, 5) is 12.1. The molecular formula is C17H16O3. The normalized spacial score (nSPS) is 17.5. The second kappa shape index (κ2) is 4.67. The second-order valence-electron chi connectivity index (χ2n) is 5.23. The molecule has 20 heavy (non-hydrogen) atoms. The number of cyclic esters (lactones) is 1. The minimum Gasteiger partial charge on any atom is -0.506 e. The summed E-state index contributed by atoms with van der Waals surface area (Å²) in [5.41, 5.74) is 3.80. The first kappa shape index (κ1) is 12.7. The minimum absolute atomic E-state index is 0.0219. The van der Waals surface area contributed by atoms with E-state index in [1.807, 2.05) is 50.2 Å². The number of rotatable bonds is 1. The lowest BCUT2D eigenvalue weighted by Gasteiger charge is -2.25. The van der Waals surface area contributed by atoms with Crippen LogP contribution in [0.5, 0.6) is 5.75 Å². The van der Waals surface area contributed by atoms with E-state index in [0.717, 1.165) is 16.7 Å². The lowest BCUT2D eigenvalue weighted by Crippen LogP contribution is -2.26.